The Hall–Kier alpha value is -4.29. The van der Waals surface area contributed by atoms with Gasteiger partial charge in [-0.2, -0.15) is 13.2 Å². The van der Waals surface area contributed by atoms with Crippen LogP contribution >= 0.6 is 23.2 Å². The minimum Gasteiger partial charge on any atom is -0.453 e. The summed E-state index contributed by atoms with van der Waals surface area (Å²) >= 11 is 12.3. The minimum atomic E-state index is -5.40. The van der Waals surface area contributed by atoms with Gasteiger partial charge in [0.1, 0.15) is 0 Å². The first-order valence-corrected chi connectivity index (χ1v) is 11.7. The second-order valence-corrected chi connectivity index (χ2v) is 9.15. The van der Waals surface area contributed by atoms with Crippen LogP contribution in [-0.2, 0) is 20.0 Å². The van der Waals surface area contributed by atoms with Crippen LogP contribution < -0.4 is 10.2 Å². The fourth-order valence-corrected chi connectivity index (χ4v) is 4.89. The van der Waals surface area contributed by atoms with E-state index in [9.17, 15) is 27.6 Å². The van der Waals surface area contributed by atoms with Crippen molar-refractivity contribution in [2.45, 2.75) is 11.9 Å². The number of methoxy groups -OCH3 is 1. The SMILES string of the molecule is COC(=O)Nc1nc2ccc(C3(OC(=O)C(F)(F)F)c4ccccc4C(=O)N3c3cc(Cl)cc(Cl)c3)cc2[nH]1. The van der Waals surface area contributed by atoms with Gasteiger partial charge < -0.3 is 14.5 Å². The number of hydrogen-bond donors (Lipinski definition) is 2. The summed E-state index contributed by atoms with van der Waals surface area (Å²) in [4.78, 5) is 45.7. The number of fused-ring (bicyclic) bond motifs is 2. The number of rotatable bonds is 4. The maximum Gasteiger partial charge on any atom is 0.491 e. The summed E-state index contributed by atoms with van der Waals surface area (Å²) in [6, 6.07) is 13.9. The largest absolute Gasteiger partial charge is 0.491 e. The van der Waals surface area contributed by atoms with Gasteiger partial charge in [-0.15, -0.1) is 0 Å². The van der Waals surface area contributed by atoms with Crippen LogP contribution in [0.25, 0.3) is 11.0 Å². The van der Waals surface area contributed by atoms with Crippen molar-refractivity contribution < 1.29 is 37.0 Å². The highest BCUT2D eigenvalue weighted by atomic mass is 35.5. The third-order valence-electron chi connectivity index (χ3n) is 5.90. The molecule has 2 N–H and O–H groups in total. The van der Waals surface area contributed by atoms with Crippen molar-refractivity contribution in [3.8, 4) is 0 Å². The van der Waals surface area contributed by atoms with Gasteiger partial charge in [-0.25, -0.2) is 14.6 Å². The molecule has 4 aromatic rings. The van der Waals surface area contributed by atoms with Crippen molar-refractivity contribution in [1.82, 2.24) is 9.97 Å². The molecule has 9 nitrogen and oxygen atoms in total. The maximum absolute atomic E-state index is 13.7. The van der Waals surface area contributed by atoms with Crippen LogP contribution in [0.4, 0.5) is 29.6 Å². The number of nitrogens with zero attached hydrogens (tertiary/aromatic N) is 2. The van der Waals surface area contributed by atoms with E-state index in [1.807, 2.05) is 0 Å². The Morgan fingerprint density at radius 1 is 1.05 bits per heavy atom. The van der Waals surface area contributed by atoms with Gasteiger partial charge >= 0.3 is 18.2 Å². The zero-order valence-electron chi connectivity index (χ0n) is 19.6. The van der Waals surface area contributed by atoms with Crippen molar-refractivity contribution in [3.63, 3.8) is 0 Å². The fourth-order valence-electron chi connectivity index (χ4n) is 4.38. The molecule has 0 saturated heterocycles. The van der Waals surface area contributed by atoms with E-state index in [4.69, 9.17) is 27.9 Å². The summed E-state index contributed by atoms with van der Waals surface area (Å²) in [5.41, 5.74) is -2.02. The van der Waals surface area contributed by atoms with Gasteiger partial charge in [0.15, 0.2) is 0 Å². The van der Waals surface area contributed by atoms with Crippen molar-refractivity contribution >= 4 is 63.8 Å². The van der Waals surface area contributed by atoms with Crippen LogP contribution in [0.15, 0.2) is 60.7 Å². The summed E-state index contributed by atoms with van der Waals surface area (Å²) < 4.78 is 50.7. The predicted molar refractivity (Wildman–Crippen MR) is 135 cm³/mol. The second kappa shape index (κ2) is 9.47. The van der Waals surface area contributed by atoms with Crippen LogP contribution in [0.1, 0.15) is 21.5 Å². The summed E-state index contributed by atoms with van der Waals surface area (Å²) in [5.74, 6) is -3.32. The van der Waals surface area contributed by atoms with E-state index in [0.29, 0.717) is 5.52 Å². The van der Waals surface area contributed by atoms with E-state index in [2.05, 4.69) is 20.0 Å². The number of hydrogen-bond acceptors (Lipinski definition) is 6. The molecule has 0 saturated carbocycles. The molecule has 0 aliphatic carbocycles. The number of anilines is 2. The predicted octanol–water partition coefficient (Wildman–Crippen LogP) is 6.02. The molecule has 0 fully saturated rings. The lowest BCUT2D eigenvalue weighted by molar-refractivity contribution is -0.211. The molecule has 2 amide bonds. The summed E-state index contributed by atoms with van der Waals surface area (Å²) in [6.07, 6.45) is -6.22. The Balaban J connectivity index is 1.80. The van der Waals surface area contributed by atoms with Crippen molar-refractivity contribution in [2.75, 3.05) is 17.3 Å². The first kappa shape index (κ1) is 26.3. The van der Waals surface area contributed by atoms with E-state index in [0.717, 1.165) is 12.0 Å². The Bertz CT molecular complexity index is 1640. The average molecular weight is 579 g/mol. The number of halogens is 5. The molecule has 1 aliphatic heterocycles. The Kier molecular flexibility index (Phi) is 6.39. The lowest BCUT2D eigenvalue weighted by atomic mass is 9.92. The number of imidazole rings is 1. The number of carbonyl (C=O) groups excluding carboxylic acids is 3. The summed E-state index contributed by atoms with van der Waals surface area (Å²) in [5, 5.41) is 2.51. The topological polar surface area (TPSA) is 114 Å². The van der Waals surface area contributed by atoms with Crippen LogP contribution in [0, 0.1) is 0 Å². The van der Waals surface area contributed by atoms with Gasteiger partial charge in [0.25, 0.3) is 5.91 Å². The molecule has 1 aromatic heterocycles. The molecular weight excluding hydrogens is 564 g/mol. The van der Waals surface area contributed by atoms with E-state index in [-0.39, 0.29) is 43.9 Å². The zero-order valence-corrected chi connectivity index (χ0v) is 21.1. The molecule has 1 unspecified atom stereocenters. The number of amides is 2. The first-order valence-electron chi connectivity index (χ1n) is 11.0. The van der Waals surface area contributed by atoms with Crippen molar-refractivity contribution in [3.05, 3.63) is 87.4 Å². The van der Waals surface area contributed by atoms with Crippen molar-refractivity contribution in [2.24, 2.45) is 0 Å². The molecule has 5 rings (SSSR count). The number of H-pyrrole nitrogens is 1. The molecule has 2 heterocycles. The normalized spacial score (nSPS) is 16.8. The molecule has 0 bridgehead atoms. The third-order valence-corrected chi connectivity index (χ3v) is 6.33. The highest BCUT2D eigenvalue weighted by molar-refractivity contribution is 6.35. The molecular formula is C25H15Cl2F3N4O5. The van der Waals surface area contributed by atoms with Gasteiger partial charge in [0, 0.05) is 26.7 Å². The highest BCUT2D eigenvalue weighted by Gasteiger charge is 2.58. The average Bonchev–Trinajstić information content (AvgIpc) is 3.38. The van der Waals surface area contributed by atoms with Gasteiger partial charge in [0.05, 0.1) is 23.8 Å². The molecule has 1 aliphatic rings. The number of alkyl halides is 3. The number of carbonyl (C=O) groups is 3. The molecule has 39 heavy (non-hydrogen) atoms. The standard InChI is InChI=1S/C25H15Cl2F3N4O5/c1-38-23(37)33-22-31-18-7-6-12(8-19(18)32-22)24(39-21(36)25(28,29)30)17-5-3-2-4-16(17)20(35)34(24)15-10-13(26)9-14(27)11-15/h2-11H,1H3,(H2,31,32,33,37). The number of esters is 1. The minimum absolute atomic E-state index is 0.0127. The van der Waals surface area contributed by atoms with Crippen LogP contribution in [0.3, 0.4) is 0 Å². The monoisotopic (exact) mass is 578 g/mol. The molecule has 1 atom stereocenters. The third kappa shape index (κ3) is 4.51. The van der Waals surface area contributed by atoms with E-state index in [1.165, 1.54) is 60.7 Å². The van der Waals surface area contributed by atoms with Crippen molar-refractivity contribution in [1.29, 1.82) is 0 Å². The number of aromatic nitrogens is 2. The fraction of sp³-hybridized carbons (Fsp3) is 0.120. The van der Waals surface area contributed by atoms with Gasteiger partial charge in [0.2, 0.25) is 11.7 Å². The molecule has 0 spiro atoms. The van der Waals surface area contributed by atoms with Crippen LogP contribution in [0.5, 0.6) is 0 Å². The van der Waals surface area contributed by atoms with Gasteiger partial charge in [-0.3, -0.25) is 15.0 Å². The smallest absolute Gasteiger partial charge is 0.453 e. The Labute approximate surface area is 227 Å². The van der Waals surface area contributed by atoms with E-state index < -0.39 is 29.9 Å². The number of aromatic amines is 1. The molecule has 200 valence electrons. The highest BCUT2D eigenvalue weighted by Crippen LogP contribution is 2.49. The Morgan fingerprint density at radius 3 is 2.41 bits per heavy atom. The van der Waals surface area contributed by atoms with E-state index in [1.54, 1.807) is 0 Å². The summed E-state index contributed by atoms with van der Waals surface area (Å²) in [7, 11) is 1.15. The lowest BCUT2D eigenvalue weighted by Gasteiger charge is -2.39. The maximum atomic E-state index is 13.7. The van der Waals surface area contributed by atoms with Crippen LogP contribution in [-0.4, -0.2) is 41.2 Å². The number of benzene rings is 3. The number of ether oxygens (including phenoxy) is 2. The first-order chi connectivity index (χ1) is 18.4. The van der Waals surface area contributed by atoms with Gasteiger partial charge in [-0.1, -0.05) is 47.5 Å². The summed E-state index contributed by atoms with van der Waals surface area (Å²) in [6.45, 7) is 0. The number of nitrogens with one attached hydrogen (secondary N) is 2. The van der Waals surface area contributed by atoms with Gasteiger partial charge in [-0.05, 0) is 36.4 Å². The zero-order chi connectivity index (χ0) is 28.1. The lowest BCUT2D eigenvalue weighted by Crippen LogP contribution is -2.50. The quantitative estimate of drug-likeness (QED) is 0.286. The van der Waals surface area contributed by atoms with E-state index >= 15 is 0 Å². The Morgan fingerprint density at radius 2 is 1.74 bits per heavy atom. The molecule has 14 heteroatoms. The molecule has 3 aromatic carbocycles. The molecule has 0 radical (unpaired) electrons. The second-order valence-electron chi connectivity index (χ2n) is 8.28. The van der Waals surface area contributed by atoms with Crippen LogP contribution in [0.2, 0.25) is 10.0 Å².